The first-order valence-electron chi connectivity index (χ1n) is 6.15. The average molecular weight is 291 g/mol. The van der Waals surface area contributed by atoms with E-state index in [-0.39, 0.29) is 11.3 Å². The first kappa shape index (κ1) is 14.4. The monoisotopic (exact) mass is 291 g/mol. The van der Waals surface area contributed by atoms with Crippen molar-refractivity contribution in [2.75, 3.05) is 11.1 Å². The Labute approximate surface area is 121 Å². The summed E-state index contributed by atoms with van der Waals surface area (Å²) in [6.45, 7) is 7.82. The first-order chi connectivity index (χ1) is 9.29. The van der Waals surface area contributed by atoms with E-state index in [4.69, 9.17) is 5.73 Å². The number of nitrogens with one attached hydrogen (secondary N) is 1. The highest BCUT2D eigenvalue weighted by Crippen LogP contribution is 2.26. The van der Waals surface area contributed by atoms with Crippen molar-refractivity contribution in [3.63, 3.8) is 0 Å². The number of hydrogen-bond acceptors (Lipinski definition) is 6. The van der Waals surface area contributed by atoms with Gasteiger partial charge in [-0.05, 0) is 30.1 Å². The molecule has 6 nitrogen and oxygen atoms in total. The van der Waals surface area contributed by atoms with Gasteiger partial charge in [-0.15, -0.1) is 5.10 Å². The summed E-state index contributed by atoms with van der Waals surface area (Å²) in [6, 6.07) is 1.76. The van der Waals surface area contributed by atoms with Crippen LogP contribution < -0.4 is 11.1 Å². The highest BCUT2D eigenvalue weighted by atomic mass is 32.1. The quantitative estimate of drug-likeness (QED) is 0.886. The average Bonchev–Trinajstić information content (AvgIpc) is 2.81. The molecule has 2 aromatic heterocycles. The van der Waals surface area contributed by atoms with Crippen LogP contribution in [0.4, 0.5) is 11.5 Å². The van der Waals surface area contributed by atoms with Crippen LogP contribution in [-0.2, 0) is 5.41 Å². The predicted molar refractivity (Wildman–Crippen MR) is 79.9 cm³/mol. The number of anilines is 2. The largest absolute Gasteiger partial charge is 0.397 e. The number of carbonyl (C=O) groups excluding carboxylic acids is 1. The Morgan fingerprint density at radius 3 is 2.70 bits per heavy atom. The van der Waals surface area contributed by atoms with Crippen LogP contribution in [0.2, 0.25) is 0 Å². The van der Waals surface area contributed by atoms with Crippen molar-refractivity contribution in [3.05, 3.63) is 28.4 Å². The van der Waals surface area contributed by atoms with Gasteiger partial charge in [0.1, 0.15) is 10.7 Å². The molecule has 0 aromatic carbocycles. The second-order valence-electron chi connectivity index (χ2n) is 5.59. The van der Waals surface area contributed by atoms with Gasteiger partial charge in [0.05, 0.1) is 17.6 Å². The van der Waals surface area contributed by atoms with Crippen molar-refractivity contribution in [2.45, 2.75) is 33.1 Å². The molecule has 0 atom stereocenters. The van der Waals surface area contributed by atoms with E-state index in [1.807, 2.05) is 27.7 Å². The summed E-state index contributed by atoms with van der Waals surface area (Å²) in [7, 11) is 0. The molecule has 0 saturated carbocycles. The van der Waals surface area contributed by atoms with Gasteiger partial charge in [0.25, 0.3) is 5.91 Å². The van der Waals surface area contributed by atoms with Crippen LogP contribution in [0.25, 0.3) is 0 Å². The zero-order valence-corrected chi connectivity index (χ0v) is 12.7. The summed E-state index contributed by atoms with van der Waals surface area (Å²) in [5.74, 6) is 0.253. The van der Waals surface area contributed by atoms with Gasteiger partial charge in [0.15, 0.2) is 0 Å². The molecule has 0 saturated heterocycles. The summed E-state index contributed by atoms with van der Waals surface area (Å²) < 4.78 is 3.88. The Morgan fingerprint density at radius 1 is 1.40 bits per heavy atom. The van der Waals surface area contributed by atoms with E-state index >= 15 is 0 Å². The Balaban J connectivity index is 2.27. The summed E-state index contributed by atoms with van der Waals surface area (Å²) in [6.07, 6.45) is 1.51. The molecular weight excluding hydrogens is 274 g/mol. The van der Waals surface area contributed by atoms with Gasteiger partial charge in [-0.1, -0.05) is 25.3 Å². The third-order valence-corrected chi connectivity index (χ3v) is 3.46. The second-order valence-corrected chi connectivity index (χ2v) is 6.34. The maximum atomic E-state index is 12.3. The minimum atomic E-state index is -0.245. The number of nitrogen functional groups attached to an aromatic ring is 1. The maximum Gasteiger partial charge on any atom is 0.270 e. The van der Waals surface area contributed by atoms with E-state index in [2.05, 4.69) is 19.9 Å². The molecule has 2 rings (SSSR count). The molecule has 3 N–H and O–H groups in total. The van der Waals surface area contributed by atoms with E-state index in [9.17, 15) is 4.79 Å². The van der Waals surface area contributed by atoms with E-state index in [0.717, 1.165) is 17.1 Å². The van der Waals surface area contributed by atoms with Crippen LogP contribution in [0.1, 0.15) is 41.7 Å². The van der Waals surface area contributed by atoms with Crippen LogP contribution >= 0.6 is 11.5 Å². The molecule has 0 unspecified atom stereocenters. The normalized spacial score (nSPS) is 11.4. The minimum absolute atomic E-state index is 0.233. The van der Waals surface area contributed by atoms with E-state index in [0.29, 0.717) is 22.1 Å². The smallest absolute Gasteiger partial charge is 0.270 e. The Bertz CT molecular complexity index is 644. The summed E-state index contributed by atoms with van der Waals surface area (Å²) in [5, 5.41) is 6.83. The molecular formula is C13H17N5OS. The van der Waals surface area contributed by atoms with Crippen molar-refractivity contribution in [1.82, 2.24) is 14.6 Å². The predicted octanol–water partition coefficient (Wildman–Crippen LogP) is 2.37. The highest BCUT2D eigenvalue weighted by molar-refractivity contribution is 7.08. The molecule has 7 heteroatoms. The molecule has 0 bridgehead atoms. The highest BCUT2D eigenvalue weighted by Gasteiger charge is 2.26. The fraction of sp³-hybridized carbons (Fsp3) is 0.385. The van der Waals surface area contributed by atoms with Gasteiger partial charge >= 0.3 is 0 Å². The molecule has 0 aliphatic heterocycles. The molecule has 0 radical (unpaired) electrons. The fourth-order valence-corrected chi connectivity index (χ4v) is 2.49. The molecule has 0 fully saturated rings. The Hall–Kier alpha value is -2.02. The molecule has 106 valence electrons. The molecule has 1 amide bonds. The number of carbonyl (C=O) groups is 1. The number of aryl methyl sites for hydroxylation is 1. The van der Waals surface area contributed by atoms with Crippen LogP contribution in [0.5, 0.6) is 0 Å². The number of aromatic nitrogens is 3. The number of hydrogen-bond donors (Lipinski definition) is 2. The Kier molecular flexibility index (Phi) is 3.71. The zero-order chi connectivity index (χ0) is 14.9. The van der Waals surface area contributed by atoms with Crippen LogP contribution in [0.15, 0.2) is 12.3 Å². The van der Waals surface area contributed by atoms with Gasteiger partial charge in [-0.25, -0.2) is 4.98 Å². The van der Waals surface area contributed by atoms with Gasteiger partial charge in [-0.2, -0.15) is 0 Å². The van der Waals surface area contributed by atoms with E-state index in [1.165, 1.54) is 6.20 Å². The molecule has 2 heterocycles. The molecule has 0 spiro atoms. The fourth-order valence-electron chi connectivity index (χ4n) is 1.72. The molecule has 2 aromatic rings. The van der Waals surface area contributed by atoms with Crippen molar-refractivity contribution in [1.29, 1.82) is 0 Å². The van der Waals surface area contributed by atoms with Gasteiger partial charge in [0, 0.05) is 5.41 Å². The zero-order valence-electron chi connectivity index (χ0n) is 11.9. The topological polar surface area (TPSA) is 93.8 Å². The third-order valence-electron chi connectivity index (χ3n) is 2.74. The van der Waals surface area contributed by atoms with Gasteiger partial charge in [-0.3, -0.25) is 4.79 Å². The second kappa shape index (κ2) is 5.16. The first-order valence-corrected chi connectivity index (χ1v) is 6.92. The summed E-state index contributed by atoms with van der Waals surface area (Å²) in [5.41, 5.74) is 7.47. The van der Waals surface area contributed by atoms with E-state index < -0.39 is 0 Å². The van der Waals surface area contributed by atoms with Crippen molar-refractivity contribution < 1.29 is 4.79 Å². The van der Waals surface area contributed by atoms with Gasteiger partial charge < -0.3 is 11.1 Å². The van der Waals surface area contributed by atoms with Crippen LogP contribution in [-0.4, -0.2) is 20.5 Å². The van der Waals surface area contributed by atoms with E-state index in [1.54, 1.807) is 6.07 Å². The lowest BCUT2D eigenvalue weighted by Crippen LogP contribution is -2.20. The number of rotatable bonds is 2. The Morgan fingerprint density at radius 2 is 2.10 bits per heavy atom. The van der Waals surface area contributed by atoms with Crippen molar-refractivity contribution in [2.24, 2.45) is 0 Å². The number of pyridine rings is 1. The third kappa shape index (κ3) is 2.93. The lowest BCUT2D eigenvalue weighted by molar-refractivity contribution is 0.102. The standard InChI is InChI=1S/C13H17N5OS/c1-7-5-8(14)6-15-11(7)16-12(19)9-10(13(2,3)4)17-18-20-9/h5-6H,14H2,1-4H3,(H,15,16,19). The number of amides is 1. The van der Waals surface area contributed by atoms with Crippen LogP contribution in [0, 0.1) is 6.92 Å². The summed E-state index contributed by atoms with van der Waals surface area (Å²) >= 11 is 1.09. The number of nitrogens with two attached hydrogens (primary N) is 1. The molecule has 0 aliphatic rings. The minimum Gasteiger partial charge on any atom is -0.397 e. The van der Waals surface area contributed by atoms with Crippen LogP contribution in [0.3, 0.4) is 0 Å². The maximum absolute atomic E-state index is 12.3. The molecule has 0 aliphatic carbocycles. The van der Waals surface area contributed by atoms with Crippen molar-refractivity contribution >= 4 is 28.9 Å². The van der Waals surface area contributed by atoms with Crippen molar-refractivity contribution in [3.8, 4) is 0 Å². The van der Waals surface area contributed by atoms with Gasteiger partial charge in [0.2, 0.25) is 0 Å². The summed E-state index contributed by atoms with van der Waals surface area (Å²) in [4.78, 5) is 17.0. The number of nitrogens with zero attached hydrogens (tertiary/aromatic N) is 3. The SMILES string of the molecule is Cc1cc(N)cnc1NC(=O)c1snnc1C(C)(C)C. The lowest BCUT2D eigenvalue weighted by Gasteiger charge is -2.16. The molecule has 20 heavy (non-hydrogen) atoms. The lowest BCUT2D eigenvalue weighted by atomic mass is 9.91.